The number of hydrogen-bond acceptors (Lipinski definition) is 1. The van der Waals surface area contributed by atoms with Crippen LogP contribution in [0.25, 0.3) is 0 Å². The van der Waals surface area contributed by atoms with E-state index >= 15 is 0 Å². The Hall–Kier alpha value is 0.110. The highest BCUT2D eigenvalue weighted by molar-refractivity contribution is 5.85. The summed E-state index contributed by atoms with van der Waals surface area (Å²) in [6, 6.07) is 0. The zero-order valence-electron chi connectivity index (χ0n) is 6.15. The van der Waals surface area contributed by atoms with Gasteiger partial charge in [-0.2, -0.15) is 0 Å². The third kappa shape index (κ3) is 1.25. The van der Waals surface area contributed by atoms with Crippen LogP contribution in [-0.4, -0.2) is 19.5 Å². The van der Waals surface area contributed by atoms with Crippen LogP contribution in [0.4, 0.5) is 8.78 Å². The molecule has 1 heterocycles. The molecule has 0 amide bonds. The zero-order valence-corrected chi connectivity index (χ0v) is 6.96. The molecular weight excluding hydrogens is 172 g/mol. The number of piperidine rings is 1. The SMILES string of the molecule is Cl.FC(F)C12CNCCC1C2. The molecule has 0 bridgehead atoms. The van der Waals surface area contributed by atoms with Crippen LogP contribution in [0.3, 0.4) is 0 Å². The number of nitrogens with one attached hydrogen (secondary N) is 1. The molecule has 1 aliphatic heterocycles. The number of fused-ring (bicyclic) bond motifs is 1. The highest BCUT2D eigenvalue weighted by atomic mass is 35.5. The van der Waals surface area contributed by atoms with Crippen LogP contribution in [0.2, 0.25) is 0 Å². The Labute approximate surface area is 71.0 Å². The Kier molecular flexibility index (Phi) is 2.40. The van der Waals surface area contributed by atoms with E-state index in [-0.39, 0.29) is 12.4 Å². The third-order valence-electron chi connectivity index (χ3n) is 2.84. The highest BCUT2D eigenvalue weighted by Crippen LogP contribution is 2.59. The summed E-state index contributed by atoms with van der Waals surface area (Å²) in [4.78, 5) is 0. The number of rotatable bonds is 1. The van der Waals surface area contributed by atoms with Crippen molar-refractivity contribution in [1.82, 2.24) is 5.32 Å². The first-order valence-electron chi connectivity index (χ1n) is 3.74. The quantitative estimate of drug-likeness (QED) is 0.652. The Morgan fingerprint density at radius 3 is 2.64 bits per heavy atom. The van der Waals surface area contributed by atoms with E-state index in [0.29, 0.717) is 12.5 Å². The maximum atomic E-state index is 12.3. The Bertz CT molecular complexity index is 153. The average Bonchev–Trinajstić information content (AvgIpc) is 2.61. The molecule has 0 radical (unpaired) electrons. The molecule has 1 nitrogen and oxygen atoms in total. The normalized spacial score (nSPS) is 41.2. The second kappa shape index (κ2) is 2.87. The molecule has 2 atom stereocenters. The smallest absolute Gasteiger partial charge is 0.245 e. The van der Waals surface area contributed by atoms with Gasteiger partial charge in [-0.1, -0.05) is 0 Å². The summed E-state index contributed by atoms with van der Waals surface area (Å²) < 4.78 is 24.6. The highest BCUT2D eigenvalue weighted by Gasteiger charge is 2.61. The fourth-order valence-corrected chi connectivity index (χ4v) is 1.95. The number of alkyl halides is 2. The van der Waals surface area contributed by atoms with E-state index in [1.807, 2.05) is 0 Å². The van der Waals surface area contributed by atoms with Crippen molar-refractivity contribution in [3.05, 3.63) is 0 Å². The van der Waals surface area contributed by atoms with Crippen LogP contribution >= 0.6 is 12.4 Å². The molecule has 2 rings (SSSR count). The van der Waals surface area contributed by atoms with E-state index in [1.165, 1.54) is 0 Å². The van der Waals surface area contributed by atoms with Gasteiger partial charge in [0.15, 0.2) is 0 Å². The first-order valence-corrected chi connectivity index (χ1v) is 3.74. The van der Waals surface area contributed by atoms with Gasteiger partial charge in [-0.3, -0.25) is 0 Å². The van der Waals surface area contributed by atoms with Gasteiger partial charge in [0, 0.05) is 12.0 Å². The number of halogens is 3. The van der Waals surface area contributed by atoms with Crippen LogP contribution in [-0.2, 0) is 0 Å². The summed E-state index contributed by atoms with van der Waals surface area (Å²) in [6.07, 6.45) is -0.410. The molecule has 11 heavy (non-hydrogen) atoms. The van der Waals surface area contributed by atoms with Crippen molar-refractivity contribution in [2.45, 2.75) is 19.3 Å². The molecule has 1 N–H and O–H groups in total. The summed E-state index contributed by atoms with van der Waals surface area (Å²) in [5, 5.41) is 3.02. The Morgan fingerprint density at radius 2 is 2.18 bits per heavy atom. The van der Waals surface area contributed by atoms with Gasteiger partial charge < -0.3 is 5.32 Å². The lowest BCUT2D eigenvalue weighted by atomic mass is 10.00. The van der Waals surface area contributed by atoms with Gasteiger partial charge in [-0.05, 0) is 25.3 Å². The second-order valence-corrected chi connectivity index (χ2v) is 3.40. The fraction of sp³-hybridized carbons (Fsp3) is 1.00. The molecule has 2 unspecified atom stereocenters. The van der Waals surface area contributed by atoms with E-state index in [9.17, 15) is 8.78 Å². The van der Waals surface area contributed by atoms with Crippen molar-refractivity contribution in [1.29, 1.82) is 0 Å². The van der Waals surface area contributed by atoms with E-state index in [2.05, 4.69) is 5.32 Å². The van der Waals surface area contributed by atoms with Crippen LogP contribution in [0.15, 0.2) is 0 Å². The average molecular weight is 184 g/mol. The molecule has 0 spiro atoms. The molecular formula is C7H12ClF2N. The van der Waals surface area contributed by atoms with Crippen LogP contribution in [0.1, 0.15) is 12.8 Å². The van der Waals surface area contributed by atoms with E-state index in [4.69, 9.17) is 0 Å². The molecule has 2 fully saturated rings. The van der Waals surface area contributed by atoms with Crippen LogP contribution < -0.4 is 5.32 Å². The lowest BCUT2D eigenvalue weighted by molar-refractivity contribution is 0.0440. The first kappa shape index (κ1) is 9.20. The molecule has 0 aromatic rings. The lowest BCUT2D eigenvalue weighted by Crippen LogP contribution is -2.35. The van der Waals surface area contributed by atoms with Crippen LogP contribution in [0, 0.1) is 11.3 Å². The van der Waals surface area contributed by atoms with Crippen molar-refractivity contribution >= 4 is 12.4 Å². The summed E-state index contributed by atoms with van der Waals surface area (Å²) in [5.74, 6) is 0.328. The van der Waals surface area contributed by atoms with Gasteiger partial charge in [-0.15, -0.1) is 12.4 Å². The van der Waals surface area contributed by atoms with Gasteiger partial charge in [0.25, 0.3) is 0 Å². The van der Waals surface area contributed by atoms with Crippen molar-refractivity contribution in [2.75, 3.05) is 13.1 Å². The molecule has 0 aromatic heterocycles. The molecule has 1 saturated carbocycles. The lowest BCUT2D eigenvalue weighted by Gasteiger charge is -2.21. The zero-order chi connectivity index (χ0) is 7.19. The minimum Gasteiger partial charge on any atom is -0.316 e. The summed E-state index contributed by atoms with van der Waals surface area (Å²) in [6.45, 7) is 1.47. The molecule has 66 valence electrons. The molecule has 0 aromatic carbocycles. The van der Waals surface area contributed by atoms with Gasteiger partial charge >= 0.3 is 0 Å². The third-order valence-corrected chi connectivity index (χ3v) is 2.84. The predicted octanol–water partition coefficient (Wildman–Crippen LogP) is 1.67. The largest absolute Gasteiger partial charge is 0.316 e. The molecule has 1 aliphatic carbocycles. The van der Waals surface area contributed by atoms with Gasteiger partial charge in [0.1, 0.15) is 0 Å². The van der Waals surface area contributed by atoms with Crippen molar-refractivity contribution in [3.8, 4) is 0 Å². The van der Waals surface area contributed by atoms with E-state index in [1.54, 1.807) is 0 Å². The fourth-order valence-electron chi connectivity index (χ4n) is 1.95. The Balaban J connectivity index is 0.000000605. The topological polar surface area (TPSA) is 12.0 Å². The molecule has 2 aliphatic rings. The summed E-state index contributed by atoms with van der Waals surface area (Å²) in [7, 11) is 0. The minimum atomic E-state index is -2.11. The van der Waals surface area contributed by atoms with Crippen molar-refractivity contribution in [3.63, 3.8) is 0 Å². The summed E-state index contributed by atoms with van der Waals surface area (Å²) in [5.41, 5.74) is -0.599. The van der Waals surface area contributed by atoms with E-state index < -0.39 is 11.8 Å². The monoisotopic (exact) mass is 183 g/mol. The maximum absolute atomic E-state index is 12.3. The maximum Gasteiger partial charge on any atom is 0.245 e. The predicted molar refractivity (Wildman–Crippen MR) is 41.3 cm³/mol. The minimum absolute atomic E-state index is 0. The molecule has 1 saturated heterocycles. The molecule has 4 heteroatoms. The first-order chi connectivity index (χ1) is 4.76. The van der Waals surface area contributed by atoms with Gasteiger partial charge in [0.2, 0.25) is 6.43 Å². The van der Waals surface area contributed by atoms with Gasteiger partial charge in [0.05, 0.1) is 0 Å². The van der Waals surface area contributed by atoms with Gasteiger partial charge in [-0.25, -0.2) is 8.78 Å². The Morgan fingerprint density at radius 1 is 1.45 bits per heavy atom. The number of hydrogen-bond donors (Lipinski definition) is 1. The second-order valence-electron chi connectivity index (χ2n) is 3.40. The standard InChI is InChI=1S/C7H11F2N.ClH/c8-6(9)7-3-5(7)1-2-10-4-7;/h5-6,10H,1-4H2;1H. The summed E-state index contributed by atoms with van der Waals surface area (Å²) >= 11 is 0. The van der Waals surface area contributed by atoms with Crippen LogP contribution in [0.5, 0.6) is 0 Å². The van der Waals surface area contributed by atoms with Crippen molar-refractivity contribution in [2.24, 2.45) is 11.3 Å². The van der Waals surface area contributed by atoms with E-state index in [0.717, 1.165) is 19.4 Å². The van der Waals surface area contributed by atoms with Crippen molar-refractivity contribution < 1.29 is 8.78 Å².